The zero-order valence-corrected chi connectivity index (χ0v) is 21.2. The molecule has 180 valence electrons. The highest BCUT2D eigenvalue weighted by Crippen LogP contribution is 2.25. The lowest BCUT2D eigenvalue weighted by Crippen LogP contribution is -2.15. The Morgan fingerprint density at radius 1 is 1.26 bits per heavy atom. The third-order valence-corrected chi connectivity index (χ3v) is 6.66. The number of allylic oxidation sites excluding steroid dienone is 1. The summed E-state index contributed by atoms with van der Waals surface area (Å²) in [6, 6.07) is 6.03. The number of anilines is 1. The predicted octanol–water partition coefficient (Wildman–Crippen LogP) is 4.33. The molecule has 9 nitrogen and oxygen atoms in total. The molecule has 0 spiro atoms. The van der Waals surface area contributed by atoms with E-state index in [0.717, 1.165) is 28.2 Å². The van der Waals surface area contributed by atoms with Crippen molar-refractivity contribution in [3.63, 3.8) is 0 Å². The number of carbonyl (C=O) groups is 2. The van der Waals surface area contributed by atoms with E-state index in [1.165, 1.54) is 11.8 Å². The highest BCUT2D eigenvalue weighted by Gasteiger charge is 2.19. The molecule has 0 radical (unpaired) electrons. The van der Waals surface area contributed by atoms with Crippen molar-refractivity contribution in [3.05, 3.63) is 58.4 Å². The molecule has 1 aromatic carbocycles. The maximum atomic E-state index is 12.5. The van der Waals surface area contributed by atoms with Gasteiger partial charge >= 0.3 is 5.97 Å². The molecule has 0 fully saturated rings. The predicted molar refractivity (Wildman–Crippen MR) is 133 cm³/mol. The van der Waals surface area contributed by atoms with Crippen molar-refractivity contribution in [1.29, 1.82) is 0 Å². The average Bonchev–Trinajstić information content (AvgIpc) is 3.36. The summed E-state index contributed by atoms with van der Waals surface area (Å²) >= 11 is 2.34. The molecule has 0 aliphatic rings. The fraction of sp³-hybridized carbons (Fsp3) is 0.348. The molecule has 2 heterocycles. The van der Waals surface area contributed by atoms with Gasteiger partial charge in [0.1, 0.15) is 17.2 Å². The largest absolute Gasteiger partial charge is 0.485 e. The van der Waals surface area contributed by atoms with Crippen LogP contribution in [0.15, 0.2) is 36.0 Å². The summed E-state index contributed by atoms with van der Waals surface area (Å²) in [4.78, 5) is 29.0. The lowest BCUT2D eigenvalue weighted by molar-refractivity contribution is -0.113. The standard InChI is InChI=1S/C23H27N5O4S2/c1-6-10-28-18(12-32-17-11-14(3)8-9-15(17)4)26-27-23(28)33-13-19(29)25-22-24-16(5)20(34-22)21(30)31-7-2/h6,8-9,11H,1,7,10,12-13H2,2-5H3,(H,24,25,29). The van der Waals surface area contributed by atoms with Gasteiger partial charge in [-0.1, -0.05) is 41.3 Å². The molecule has 11 heteroatoms. The molecule has 2 aromatic heterocycles. The molecule has 0 saturated carbocycles. The van der Waals surface area contributed by atoms with Gasteiger partial charge in [-0.25, -0.2) is 9.78 Å². The van der Waals surface area contributed by atoms with E-state index in [1.54, 1.807) is 19.9 Å². The van der Waals surface area contributed by atoms with Gasteiger partial charge in [0.15, 0.2) is 16.1 Å². The first-order chi connectivity index (χ1) is 16.3. The third-order valence-electron chi connectivity index (χ3n) is 4.64. The smallest absolute Gasteiger partial charge is 0.350 e. The van der Waals surface area contributed by atoms with Crippen molar-refractivity contribution < 1.29 is 19.1 Å². The van der Waals surface area contributed by atoms with E-state index >= 15 is 0 Å². The number of thiazole rings is 1. The Balaban J connectivity index is 1.62. The van der Waals surface area contributed by atoms with E-state index < -0.39 is 5.97 Å². The summed E-state index contributed by atoms with van der Waals surface area (Å²) in [5.74, 6) is 0.817. The molecule has 0 aliphatic carbocycles. The zero-order chi connectivity index (χ0) is 24.7. The Labute approximate surface area is 206 Å². The first kappa shape index (κ1) is 25.4. The number of aromatic nitrogens is 4. The van der Waals surface area contributed by atoms with E-state index in [0.29, 0.717) is 33.2 Å². The van der Waals surface area contributed by atoms with E-state index in [2.05, 4.69) is 27.1 Å². The molecule has 0 saturated heterocycles. The Kier molecular flexibility index (Phi) is 8.83. The van der Waals surface area contributed by atoms with Crippen molar-refractivity contribution >= 4 is 40.1 Å². The van der Waals surface area contributed by atoms with Crippen LogP contribution in [0.3, 0.4) is 0 Å². The number of benzene rings is 1. The van der Waals surface area contributed by atoms with E-state index in [4.69, 9.17) is 9.47 Å². The molecule has 3 aromatic rings. The topological polar surface area (TPSA) is 108 Å². The zero-order valence-electron chi connectivity index (χ0n) is 19.6. The summed E-state index contributed by atoms with van der Waals surface area (Å²) in [6.45, 7) is 12.2. The maximum absolute atomic E-state index is 12.5. The van der Waals surface area contributed by atoms with E-state index in [1.807, 2.05) is 36.6 Å². The highest BCUT2D eigenvalue weighted by atomic mass is 32.2. The Bertz CT molecular complexity index is 1190. The second-order valence-corrected chi connectivity index (χ2v) is 9.29. The van der Waals surface area contributed by atoms with Gasteiger partial charge in [-0.05, 0) is 44.9 Å². The molecule has 1 amide bonds. The number of esters is 1. The normalized spacial score (nSPS) is 10.7. The van der Waals surface area contributed by atoms with Crippen molar-refractivity contribution in [2.75, 3.05) is 17.7 Å². The number of nitrogens with one attached hydrogen (secondary N) is 1. The monoisotopic (exact) mass is 501 g/mol. The Hall–Kier alpha value is -3.18. The number of hydrogen-bond donors (Lipinski definition) is 1. The minimum absolute atomic E-state index is 0.0977. The van der Waals surface area contributed by atoms with Crippen LogP contribution in [-0.2, 0) is 22.7 Å². The van der Waals surface area contributed by atoms with Gasteiger partial charge in [-0.15, -0.1) is 16.8 Å². The highest BCUT2D eigenvalue weighted by molar-refractivity contribution is 7.99. The second-order valence-electron chi connectivity index (χ2n) is 7.35. The molecule has 0 aliphatic heterocycles. The average molecular weight is 502 g/mol. The van der Waals surface area contributed by atoms with Crippen LogP contribution in [0.2, 0.25) is 0 Å². The second kappa shape index (κ2) is 11.8. The molecule has 3 rings (SSSR count). The summed E-state index contributed by atoms with van der Waals surface area (Å²) in [5, 5.41) is 12.1. The number of carbonyl (C=O) groups excluding carboxylic acids is 2. The van der Waals surface area contributed by atoms with Gasteiger partial charge in [0, 0.05) is 6.54 Å². The first-order valence-corrected chi connectivity index (χ1v) is 12.4. The molecule has 0 atom stereocenters. The van der Waals surface area contributed by atoms with Gasteiger partial charge in [0.05, 0.1) is 18.1 Å². The number of thioether (sulfide) groups is 1. The van der Waals surface area contributed by atoms with E-state index in [-0.39, 0.29) is 24.9 Å². The number of amides is 1. The van der Waals surface area contributed by atoms with Crippen LogP contribution in [0, 0.1) is 20.8 Å². The van der Waals surface area contributed by atoms with Crippen LogP contribution in [-0.4, -0.2) is 44.0 Å². The minimum Gasteiger partial charge on any atom is -0.485 e. The fourth-order valence-corrected chi connectivity index (χ4v) is 4.61. The number of hydrogen-bond acceptors (Lipinski definition) is 9. The van der Waals surface area contributed by atoms with Crippen molar-refractivity contribution in [3.8, 4) is 5.75 Å². The van der Waals surface area contributed by atoms with E-state index in [9.17, 15) is 9.59 Å². The van der Waals surface area contributed by atoms with Gasteiger partial charge in [-0.2, -0.15) is 0 Å². The van der Waals surface area contributed by atoms with Crippen LogP contribution >= 0.6 is 23.1 Å². The quantitative estimate of drug-likeness (QED) is 0.235. The summed E-state index contributed by atoms with van der Waals surface area (Å²) in [6.07, 6.45) is 1.74. The van der Waals surface area contributed by atoms with Gasteiger partial charge in [0.2, 0.25) is 5.91 Å². The number of rotatable bonds is 11. The minimum atomic E-state index is -0.444. The molecule has 34 heavy (non-hydrogen) atoms. The summed E-state index contributed by atoms with van der Waals surface area (Å²) < 4.78 is 12.8. The number of ether oxygens (including phenoxy) is 2. The number of nitrogens with zero attached hydrogens (tertiary/aromatic N) is 4. The Morgan fingerprint density at radius 2 is 2.06 bits per heavy atom. The van der Waals surface area contributed by atoms with Crippen LogP contribution in [0.25, 0.3) is 0 Å². The van der Waals surface area contributed by atoms with Crippen molar-refractivity contribution in [1.82, 2.24) is 19.7 Å². The van der Waals surface area contributed by atoms with Crippen molar-refractivity contribution in [2.24, 2.45) is 0 Å². The first-order valence-electron chi connectivity index (χ1n) is 10.6. The van der Waals surface area contributed by atoms with Crippen LogP contribution in [0.1, 0.15) is 39.2 Å². The lowest BCUT2D eigenvalue weighted by atomic mass is 10.1. The number of aryl methyl sites for hydroxylation is 3. The maximum Gasteiger partial charge on any atom is 0.350 e. The molecule has 0 unspecified atom stereocenters. The van der Waals surface area contributed by atoms with Crippen LogP contribution in [0.5, 0.6) is 5.75 Å². The van der Waals surface area contributed by atoms with Crippen LogP contribution < -0.4 is 10.1 Å². The SMILES string of the molecule is C=CCn1c(COc2cc(C)ccc2C)nnc1SCC(=O)Nc1nc(C)c(C(=O)OCC)s1. The molecular formula is C23H27N5O4S2. The molecule has 1 N–H and O–H groups in total. The van der Waals surface area contributed by atoms with Gasteiger partial charge in [0.25, 0.3) is 0 Å². The van der Waals surface area contributed by atoms with Gasteiger partial charge < -0.3 is 14.8 Å². The Morgan fingerprint density at radius 3 is 2.79 bits per heavy atom. The summed E-state index contributed by atoms with van der Waals surface area (Å²) in [5.41, 5.74) is 2.67. The fourth-order valence-electron chi connectivity index (χ4n) is 2.97. The third kappa shape index (κ3) is 6.45. The molecular weight excluding hydrogens is 474 g/mol. The van der Waals surface area contributed by atoms with Crippen molar-refractivity contribution in [2.45, 2.75) is 46.0 Å². The van der Waals surface area contributed by atoms with Crippen LogP contribution in [0.4, 0.5) is 5.13 Å². The summed E-state index contributed by atoms with van der Waals surface area (Å²) in [7, 11) is 0. The molecule has 0 bridgehead atoms. The van der Waals surface area contributed by atoms with Gasteiger partial charge in [-0.3, -0.25) is 9.36 Å². The lowest BCUT2D eigenvalue weighted by Gasteiger charge is -2.11.